The summed E-state index contributed by atoms with van der Waals surface area (Å²) in [5.41, 5.74) is 6.01. The van der Waals surface area contributed by atoms with Crippen LogP contribution in [0.2, 0.25) is 12.6 Å². The van der Waals surface area contributed by atoms with E-state index in [4.69, 9.17) is 0 Å². The van der Waals surface area contributed by atoms with E-state index in [0.29, 0.717) is 5.92 Å². The zero-order chi connectivity index (χ0) is 17.4. The molecule has 0 N–H and O–H groups in total. The molecule has 26 heavy (non-hydrogen) atoms. The fourth-order valence-electron chi connectivity index (χ4n) is 4.52. The van der Waals surface area contributed by atoms with E-state index in [1.807, 2.05) is 0 Å². The van der Waals surface area contributed by atoms with Gasteiger partial charge in [0, 0.05) is 0 Å². The van der Waals surface area contributed by atoms with E-state index in [1.54, 1.807) is 19.8 Å². The van der Waals surface area contributed by atoms with Gasteiger partial charge in [0.05, 0.1) is 0 Å². The van der Waals surface area contributed by atoms with Crippen LogP contribution in [0.1, 0.15) is 50.3 Å². The van der Waals surface area contributed by atoms with Crippen molar-refractivity contribution >= 4 is 13.3 Å². The van der Waals surface area contributed by atoms with Crippen LogP contribution in [0.3, 0.4) is 0 Å². The summed E-state index contributed by atoms with van der Waals surface area (Å²) in [4.78, 5) is 0. The largest absolute Gasteiger partial charge is 1.00 e. The van der Waals surface area contributed by atoms with Crippen molar-refractivity contribution in [3.63, 3.8) is 0 Å². The topological polar surface area (TPSA) is 0 Å². The third kappa shape index (κ3) is 5.52. The first-order valence-electron chi connectivity index (χ1n) is 8.95. The van der Waals surface area contributed by atoms with Crippen molar-refractivity contribution in [2.45, 2.75) is 67.0 Å². The number of unbranched alkanes of at least 4 members (excludes halogenated alkanes) is 1. The molecule has 0 amide bonds. The number of halogens is 3. The standard InChI is InChI=1S/C21H31Si.3ClH.Ti/c1-8-9-10-22(7,20-14-16(3)11-17(20)4)21-18(5)12-15(2)13-19(21)6;;;;/h12-14,16H,8-10H2,1-7H3;3*1H;/q;;;;+3/p-3. The summed E-state index contributed by atoms with van der Waals surface area (Å²) in [6.45, 7) is 16.5. The SMILES string of the molecule is CCCC[Si](C)(C1=CC(C)[C]([Ti+3])=C1C)c1c(C)cc(C)cc1C.[Cl-].[Cl-].[Cl-]. The number of hydrogen-bond donors (Lipinski definition) is 0. The van der Waals surface area contributed by atoms with Crippen LogP contribution >= 0.6 is 0 Å². The number of benzene rings is 1. The van der Waals surface area contributed by atoms with Crippen LogP contribution in [-0.2, 0) is 20.4 Å². The fourth-order valence-corrected chi connectivity index (χ4v) is 10.4. The summed E-state index contributed by atoms with van der Waals surface area (Å²) in [6, 6.07) is 6.16. The molecule has 1 aliphatic rings. The quantitative estimate of drug-likeness (QED) is 0.399. The van der Waals surface area contributed by atoms with E-state index < -0.39 is 8.07 Å². The van der Waals surface area contributed by atoms with Gasteiger partial charge in [-0.1, -0.05) is 0 Å². The van der Waals surface area contributed by atoms with Gasteiger partial charge in [-0.25, -0.2) is 0 Å². The van der Waals surface area contributed by atoms with Gasteiger partial charge in [-0.2, -0.15) is 0 Å². The second kappa shape index (κ2) is 11.5. The maximum absolute atomic E-state index is 2.62. The zero-order valence-electron chi connectivity index (χ0n) is 17.1. The van der Waals surface area contributed by atoms with Crippen molar-refractivity contribution in [3.8, 4) is 0 Å². The molecule has 2 rings (SSSR count). The zero-order valence-corrected chi connectivity index (χ0v) is 21.9. The predicted molar refractivity (Wildman–Crippen MR) is 102 cm³/mol. The van der Waals surface area contributed by atoms with Crippen LogP contribution in [0.15, 0.2) is 32.9 Å². The first-order chi connectivity index (χ1) is 10.7. The average Bonchev–Trinajstić information content (AvgIpc) is 2.72. The van der Waals surface area contributed by atoms with E-state index in [1.165, 1.54) is 35.6 Å². The van der Waals surface area contributed by atoms with Gasteiger partial charge < -0.3 is 37.2 Å². The maximum Gasteiger partial charge on any atom is -1.00 e. The summed E-state index contributed by atoms with van der Waals surface area (Å²) in [5, 5.41) is 3.41. The minimum atomic E-state index is -1.67. The molecule has 0 nitrogen and oxygen atoms in total. The molecule has 2 atom stereocenters. The van der Waals surface area contributed by atoms with Gasteiger partial charge in [0.2, 0.25) is 0 Å². The number of aryl methyl sites for hydroxylation is 3. The van der Waals surface area contributed by atoms with Crippen molar-refractivity contribution in [2.24, 2.45) is 5.92 Å². The van der Waals surface area contributed by atoms with Crippen LogP contribution in [-0.4, -0.2) is 8.07 Å². The van der Waals surface area contributed by atoms with E-state index in [9.17, 15) is 0 Å². The third-order valence-corrected chi connectivity index (χ3v) is 11.8. The summed E-state index contributed by atoms with van der Waals surface area (Å²) < 4.78 is 1.58. The Balaban J connectivity index is 0. The van der Waals surface area contributed by atoms with Gasteiger partial charge in [-0.05, 0) is 0 Å². The van der Waals surface area contributed by atoms with Gasteiger partial charge in [0.15, 0.2) is 0 Å². The smallest absolute Gasteiger partial charge is 1.00 e. The summed E-state index contributed by atoms with van der Waals surface area (Å²) >= 11 is 2.33. The molecule has 0 spiro atoms. The molecule has 2 unspecified atom stereocenters. The number of hydrogen-bond acceptors (Lipinski definition) is 0. The molecule has 0 fully saturated rings. The molecule has 5 heteroatoms. The molecule has 1 aromatic carbocycles. The monoisotopic (exact) mass is 464 g/mol. The summed E-state index contributed by atoms with van der Waals surface area (Å²) in [7, 11) is -1.67. The van der Waals surface area contributed by atoms with Crippen LogP contribution in [0.4, 0.5) is 0 Å². The second-order valence-electron chi connectivity index (χ2n) is 7.62. The molecule has 0 bridgehead atoms. The van der Waals surface area contributed by atoms with Crippen LogP contribution in [0.5, 0.6) is 0 Å². The molecular formula is C21H31Cl3SiTi. The first kappa shape index (κ1) is 28.7. The van der Waals surface area contributed by atoms with Gasteiger partial charge in [0.1, 0.15) is 0 Å². The van der Waals surface area contributed by atoms with E-state index in [2.05, 4.69) is 86.7 Å². The summed E-state index contributed by atoms with van der Waals surface area (Å²) in [5.74, 6) is 0.615. The minimum absolute atomic E-state index is 0. The number of rotatable bonds is 5. The Bertz CT molecular complexity index is 659. The number of allylic oxidation sites excluding steroid dienone is 4. The van der Waals surface area contributed by atoms with Gasteiger partial charge >= 0.3 is 156 Å². The van der Waals surface area contributed by atoms with Gasteiger partial charge in [-0.3, -0.25) is 0 Å². The van der Waals surface area contributed by atoms with Crippen LogP contribution < -0.4 is 42.4 Å². The second-order valence-corrected chi connectivity index (χ2v) is 12.7. The average molecular weight is 466 g/mol. The molecule has 0 aliphatic heterocycles. The molecule has 0 radical (unpaired) electrons. The predicted octanol–water partition coefficient (Wildman–Crippen LogP) is -3.35. The minimum Gasteiger partial charge on any atom is -1.00 e. The Morgan fingerprint density at radius 3 is 1.88 bits per heavy atom. The third-order valence-electron chi connectivity index (χ3n) is 5.53. The molecule has 1 aliphatic carbocycles. The van der Waals surface area contributed by atoms with E-state index in [-0.39, 0.29) is 37.2 Å². The van der Waals surface area contributed by atoms with Crippen molar-refractivity contribution in [1.82, 2.24) is 0 Å². The van der Waals surface area contributed by atoms with Crippen molar-refractivity contribution in [3.05, 3.63) is 49.5 Å². The molecule has 144 valence electrons. The molecule has 0 saturated carbocycles. The van der Waals surface area contributed by atoms with Crippen LogP contribution in [0, 0.1) is 26.7 Å². The Morgan fingerprint density at radius 1 is 1.00 bits per heavy atom. The Morgan fingerprint density at radius 2 is 1.50 bits per heavy atom. The molecule has 1 aromatic rings. The van der Waals surface area contributed by atoms with Crippen LogP contribution in [0.25, 0.3) is 0 Å². The Kier molecular flexibility index (Phi) is 12.7. The van der Waals surface area contributed by atoms with Gasteiger partial charge in [-0.15, -0.1) is 0 Å². The summed E-state index contributed by atoms with van der Waals surface area (Å²) in [6.07, 6.45) is 5.22. The van der Waals surface area contributed by atoms with E-state index >= 15 is 0 Å². The molecule has 0 saturated heterocycles. The molecular weight excluding hydrogens is 435 g/mol. The maximum atomic E-state index is 2.62. The van der Waals surface area contributed by atoms with Crippen molar-refractivity contribution in [1.29, 1.82) is 0 Å². The fraction of sp³-hybridized carbons (Fsp3) is 0.524. The molecule has 0 aromatic heterocycles. The van der Waals surface area contributed by atoms with Crippen molar-refractivity contribution in [2.75, 3.05) is 0 Å². The normalized spacial score (nSPS) is 18.3. The van der Waals surface area contributed by atoms with Gasteiger partial charge in [0.25, 0.3) is 0 Å². The Hall–Kier alpha value is 0.501. The van der Waals surface area contributed by atoms with Crippen molar-refractivity contribution < 1.29 is 57.7 Å². The van der Waals surface area contributed by atoms with E-state index in [0.717, 1.165) is 0 Å². The molecule has 0 heterocycles. The Labute approximate surface area is 192 Å². The first-order valence-corrected chi connectivity index (χ1v) is 12.4.